The minimum Gasteiger partial charge on any atom is -0.495 e. The fourth-order valence-electron chi connectivity index (χ4n) is 3.69. The molecule has 1 aliphatic rings. The van der Waals surface area contributed by atoms with Gasteiger partial charge in [-0.15, -0.1) is 0 Å². The zero-order valence-corrected chi connectivity index (χ0v) is 17.5. The van der Waals surface area contributed by atoms with Crippen LogP contribution in [0.25, 0.3) is 0 Å². The van der Waals surface area contributed by atoms with Crippen molar-refractivity contribution in [3.8, 4) is 5.75 Å². The molecule has 158 valence electrons. The molecule has 0 radical (unpaired) electrons. The number of primary sulfonamides is 1. The highest BCUT2D eigenvalue weighted by Crippen LogP contribution is 2.25. The Hall–Kier alpha value is -2.13. The summed E-state index contributed by atoms with van der Waals surface area (Å²) in [5.74, 6) is 0.243. The highest BCUT2D eigenvalue weighted by Gasteiger charge is 2.22. The maximum absolute atomic E-state index is 11.7. The number of anilines is 1. The minimum absolute atomic E-state index is 0.00455. The Bertz CT molecular complexity index is 897. The van der Waals surface area contributed by atoms with Gasteiger partial charge in [-0.2, -0.15) is 0 Å². The quantitative estimate of drug-likeness (QED) is 0.677. The van der Waals surface area contributed by atoms with Crippen LogP contribution in [-0.4, -0.2) is 57.9 Å². The molecule has 7 nitrogen and oxygen atoms in total. The van der Waals surface area contributed by atoms with Gasteiger partial charge in [-0.05, 0) is 49.1 Å². The van der Waals surface area contributed by atoms with Crippen LogP contribution < -0.4 is 14.8 Å². The molecule has 1 unspecified atom stereocenters. The normalized spacial score (nSPS) is 16.6. The summed E-state index contributed by atoms with van der Waals surface area (Å²) in [7, 11) is -2.43. The van der Waals surface area contributed by atoms with Crippen LogP contribution in [0, 0.1) is 0 Å². The number of aliphatic hydroxyl groups excluding tert-OH is 1. The molecule has 0 aliphatic carbocycles. The number of piperazine rings is 1. The highest BCUT2D eigenvalue weighted by molar-refractivity contribution is 7.89. The van der Waals surface area contributed by atoms with Crippen molar-refractivity contribution in [2.75, 3.05) is 38.2 Å². The first-order valence-electron chi connectivity index (χ1n) is 9.80. The van der Waals surface area contributed by atoms with Crippen LogP contribution in [0.3, 0.4) is 0 Å². The van der Waals surface area contributed by atoms with Gasteiger partial charge < -0.3 is 14.7 Å². The summed E-state index contributed by atoms with van der Waals surface area (Å²) in [6, 6.07) is 15.3. The van der Waals surface area contributed by atoms with Gasteiger partial charge in [-0.25, -0.2) is 13.6 Å². The molecular weight excluding hydrogens is 390 g/mol. The second kappa shape index (κ2) is 9.58. The Kier molecular flexibility index (Phi) is 7.13. The molecule has 0 amide bonds. The van der Waals surface area contributed by atoms with Crippen LogP contribution in [0.15, 0.2) is 53.4 Å². The van der Waals surface area contributed by atoms with E-state index in [1.807, 2.05) is 24.3 Å². The van der Waals surface area contributed by atoms with Gasteiger partial charge in [-0.1, -0.05) is 24.3 Å². The van der Waals surface area contributed by atoms with Crippen LogP contribution in [0.4, 0.5) is 5.69 Å². The smallest absolute Gasteiger partial charge is 0.241 e. The third-order valence-corrected chi connectivity index (χ3v) is 6.25. The van der Waals surface area contributed by atoms with Gasteiger partial charge in [0.2, 0.25) is 10.0 Å². The number of ether oxygens (including phenoxy) is 1. The molecule has 1 saturated heterocycles. The van der Waals surface area contributed by atoms with Crippen molar-refractivity contribution < 1.29 is 18.3 Å². The van der Waals surface area contributed by atoms with Crippen molar-refractivity contribution in [1.82, 2.24) is 4.90 Å². The summed E-state index contributed by atoms with van der Waals surface area (Å²) in [6.07, 6.45) is 1.54. The number of rotatable bonds is 8. The van der Waals surface area contributed by atoms with E-state index < -0.39 is 16.3 Å². The second-order valence-electron chi connectivity index (χ2n) is 7.26. The van der Waals surface area contributed by atoms with E-state index in [2.05, 4.69) is 21.9 Å². The van der Waals surface area contributed by atoms with Gasteiger partial charge in [0.1, 0.15) is 16.9 Å². The molecular formula is C21H29N3O4S. The lowest BCUT2D eigenvalue weighted by Gasteiger charge is -2.38. The molecule has 8 heteroatoms. The number of aryl methyl sites for hydroxylation is 1. The number of benzene rings is 2. The third-order valence-electron chi connectivity index (χ3n) is 5.32. The van der Waals surface area contributed by atoms with Gasteiger partial charge >= 0.3 is 0 Å². The van der Waals surface area contributed by atoms with Crippen LogP contribution in [-0.2, 0) is 16.4 Å². The largest absolute Gasteiger partial charge is 0.495 e. The molecule has 2 aromatic carbocycles. The first-order chi connectivity index (χ1) is 13.9. The maximum atomic E-state index is 11.7. The van der Waals surface area contributed by atoms with Crippen LogP contribution in [0.1, 0.15) is 18.4 Å². The molecule has 2 aromatic rings. The van der Waals surface area contributed by atoms with Crippen molar-refractivity contribution in [3.63, 3.8) is 0 Å². The van der Waals surface area contributed by atoms with Crippen LogP contribution >= 0.6 is 0 Å². The van der Waals surface area contributed by atoms with E-state index in [9.17, 15) is 13.5 Å². The molecule has 1 aliphatic heterocycles. The van der Waals surface area contributed by atoms with Gasteiger partial charge in [0.25, 0.3) is 0 Å². The van der Waals surface area contributed by atoms with Crippen molar-refractivity contribution in [2.45, 2.75) is 30.4 Å². The van der Waals surface area contributed by atoms with E-state index >= 15 is 0 Å². The fraction of sp³-hybridized carbons (Fsp3) is 0.429. The first-order valence-corrected chi connectivity index (χ1v) is 11.3. The summed E-state index contributed by atoms with van der Waals surface area (Å²) in [5.41, 5.74) is 2.07. The molecule has 1 heterocycles. The van der Waals surface area contributed by atoms with E-state index in [4.69, 9.17) is 9.88 Å². The fourth-order valence-corrected chi connectivity index (χ4v) is 4.43. The number of methoxy groups -OCH3 is 1. The SMILES string of the molecule is COc1ccc(CCCC(O)N2CCN(c3ccccc3)CC2)cc1S(N)(=O)=O. The van der Waals surface area contributed by atoms with Gasteiger partial charge in [0.05, 0.1) is 7.11 Å². The number of hydrogen-bond acceptors (Lipinski definition) is 6. The van der Waals surface area contributed by atoms with Gasteiger partial charge in [0, 0.05) is 31.9 Å². The Morgan fingerprint density at radius 1 is 1.10 bits per heavy atom. The molecule has 0 saturated carbocycles. The number of hydrogen-bond donors (Lipinski definition) is 2. The average Bonchev–Trinajstić information content (AvgIpc) is 2.73. The number of para-hydroxylation sites is 1. The number of nitrogens with zero attached hydrogens (tertiary/aromatic N) is 2. The lowest BCUT2D eigenvalue weighted by molar-refractivity contribution is -0.00665. The Morgan fingerprint density at radius 2 is 1.79 bits per heavy atom. The molecule has 1 fully saturated rings. The van der Waals surface area contributed by atoms with E-state index in [1.54, 1.807) is 12.1 Å². The van der Waals surface area contributed by atoms with Gasteiger partial charge in [0.15, 0.2) is 0 Å². The van der Waals surface area contributed by atoms with Crippen LogP contribution in [0.2, 0.25) is 0 Å². The Balaban J connectivity index is 1.49. The highest BCUT2D eigenvalue weighted by atomic mass is 32.2. The predicted octanol–water partition coefficient (Wildman–Crippen LogP) is 1.81. The summed E-state index contributed by atoms with van der Waals surface area (Å²) < 4.78 is 28.5. The van der Waals surface area contributed by atoms with E-state index in [1.165, 1.54) is 12.8 Å². The molecule has 0 bridgehead atoms. The minimum atomic E-state index is -3.84. The monoisotopic (exact) mass is 419 g/mol. The van der Waals surface area contributed by atoms with Crippen molar-refractivity contribution in [1.29, 1.82) is 0 Å². The molecule has 0 spiro atoms. The molecule has 3 N–H and O–H groups in total. The standard InChI is InChI=1S/C21H29N3O4S/c1-28-19-11-10-17(16-20(19)29(22,26)27)6-5-9-21(25)24-14-12-23(13-15-24)18-7-3-2-4-8-18/h2-4,7-8,10-11,16,21,25H,5-6,9,12-15H2,1H3,(H2,22,26,27). The second-order valence-corrected chi connectivity index (χ2v) is 8.79. The molecule has 3 rings (SSSR count). The lowest BCUT2D eigenvalue weighted by atomic mass is 10.1. The third kappa shape index (κ3) is 5.70. The van der Waals surface area contributed by atoms with Gasteiger partial charge in [-0.3, -0.25) is 4.90 Å². The molecule has 1 atom stereocenters. The van der Waals surface area contributed by atoms with Crippen molar-refractivity contribution in [3.05, 3.63) is 54.1 Å². The van der Waals surface area contributed by atoms with Crippen molar-refractivity contribution in [2.24, 2.45) is 5.14 Å². The zero-order valence-electron chi connectivity index (χ0n) is 16.7. The molecule has 0 aromatic heterocycles. The summed E-state index contributed by atoms with van der Waals surface area (Å²) >= 11 is 0. The number of nitrogens with two attached hydrogens (primary N) is 1. The Labute approximate surface area is 172 Å². The number of aliphatic hydroxyl groups is 1. The van der Waals surface area contributed by atoms with E-state index in [0.717, 1.165) is 38.2 Å². The summed E-state index contributed by atoms with van der Waals surface area (Å²) in [6.45, 7) is 3.40. The lowest BCUT2D eigenvalue weighted by Crippen LogP contribution is -2.50. The first kappa shape index (κ1) is 21.6. The number of sulfonamides is 1. The van der Waals surface area contributed by atoms with E-state index in [-0.39, 0.29) is 10.6 Å². The summed E-state index contributed by atoms with van der Waals surface area (Å²) in [4.78, 5) is 4.42. The van der Waals surface area contributed by atoms with Crippen molar-refractivity contribution >= 4 is 15.7 Å². The summed E-state index contributed by atoms with van der Waals surface area (Å²) in [5, 5.41) is 15.8. The Morgan fingerprint density at radius 3 is 2.41 bits per heavy atom. The average molecular weight is 420 g/mol. The van der Waals surface area contributed by atoms with Crippen LogP contribution in [0.5, 0.6) is 5.75 Å². The van der Waals surface area contributed by atoms with E-state index in [0.29, 0.717) is 12.8 Å². The zero-order chi connectivity index (χ0) is 20.9. The maximum Gasteiger partial charge on any atom is 0.241 e. The topological polar surface area (TPSA) is 96.1 Å². The predicted molar refractivity (Wildman–Crippen MR) is 114 cm³/mol. The molecule has 29 heavy (non-hydrogen) atoms.